The van der Waals surface area contributed by atoms with Gasteiger partial charge in [0.15, 0.2) is 30.9 Å². The molecule has 0 bridgehead atoms. The van der Waals surface area contributed by atoms with Crippen LogP contribution in [0.1, 0.15) is 58.1 Å². The van der Waals surface area contributed by atoms with Gasteiger partial charge in [0.25, 0.3) is 0 Å². The second-order valence-electron chi connectivity index (χ2n) is 17.9. The number of rotatable bonds is 21. The van der Waals surface area contributed by atoms with E-state index in [1.807, 2.05) is 91.0 Å². The van der Waals surface area contributed by atoms with Crippen LogP contribution in [0, 0.1) is 0 Å². The Morgan fingerprint density at radius 2 is 0.737 bits per heavy atom. The van der Waals surface area contributed by atoms with Gasteiger partial charge in [0.05, 0.1) is 48.7 Å². The van der Waals surface area contributed by atoms with Crippen molar-refractivity contribution in [3.8, 4) is 0 Å². The molecule has 2 aliphatic heterocycles. The molecule has 0 radical (unpaired) electrons. The van der Waals surface area contributed by atoms with Crippen molar-refractivity contribution in [1.29, 1.82) is 0 Å². The molecule has 76 heavy (non-hydrogen) atoms. The number of hydrogen-bond acceptors (Lipinski definition) is 15. The van der Waals surface area contributed by atoms with E-state index in [1.54, 1.807) is 84.9 Å². The van der Waals surface area contributed by atoms with E-state index in [4.69, 9.17) is 47.4 Å². The van der Waals surface area contributed by atoms with E-state index in [9.17, 15) is 24.3 Å². The van der Waals surface area contributed by atoms with Crippen molar-refractivity contribution in [2.75, 3.05) is 13.2 Å². The first-order valence-electron chi connectivity index (χ1n) is 24.8. The summed E-state index contributed by atoms with van der Waals surface area (Å²) in [4.78, 5) is 56.8. The third kappa shape index (κ3) is 14.1. The molecule has 15 nitrogen and oxygen atoms in total. The van der Waals surface area contributed by atoms with Crippen LogP contribution in [-0.4, -0.2) is 104 Å². The second kappa shape index (κ2) is 26.6. The largest absolute Gasteiger partial charge is 0.459 e. The minimum absolute atomic E-state index is 0.00566. The van der Waals surface area contributed by atoms with E-state index in [2.05, 4.69) is 0 Å². The Balaban J connectivity index is 1.15. The van der Waals surface area contributed by atoms with Crippen LogP contribution in [0.4, 0.5) is 0 Å². The molecule has 0 aliphatic carbocycles. The Kier molecular flexibility index (Phi) is 18.5. The fourth-order valence-electron chi connectivity index (χ4n) is 8.75. The lowest BCUT2D eigenvalue weighted by molar-refractivity contribution is -0.363. The van der Waals surface area contributed by atoms with E-state index in [-0.39, 0.29) is 48.7 Å². The fraction of sp³-hybridized carbons (Fsp3) is 0.246. The van der Waals surface area contributed by atoms with Gasteiger partial charge in [-0.3, -0.25) is 0 Å². The normalized spacial score (nSPS) is 23.1. The molecule has 2 fully saturated rings. The van der Waals surface area contributed by atoms with Gasteiger partial charge in [-0.2, -0.15) is 0 Å². The highest BCUT2D eigenvalue weighted by Crippen LogP contribution is 2.36. The van der Waals surface area contributed by atoms with Gasteiger partial charge < -0.3 is 52.5 Å². The molecule has 0 amide bonds. The molecule has 2 saturated heterocycles. The fourth-order valence-corrected chi connectivity index (χ4v) is 8.75. The topological polar surface area (TPSA) is 181 Å². The van der Waals surface area contributed by atoms with E-state index < -0.39 is 91.9 Å². The molecule has 4 unspecified atom stereocenters. The highest BCUT2D eigenvalue weighted by Gasteiger charge is 2.57. The quantitative estimate of drug-likeness (QED) is 0.0533. The van der Waals surface area contributed by atoms with Crippen molar-refractivity contribution in [2.45, 2.75) is 81.2 Å². The second-order valence-corrected chi connectivity index (χ2v) is 17.9. The zero-order chi connectivity index (χ0) is 52.5. The van der Waals surface area contributed by atoms with Crippen LogP contribution in [-0.2, 0) is 67.2 Å². The Hall–Kier alpha value is -7.86. The lowest BCUT2D eigenvalue weighted by atomic mass is 9.95. The van der Waals surface area contributed by atoms with E-state index in [1.165, 1.54) is 36.4 Å². The Morgan fingerprint density at radius 1 is 0.368 bits per heavy atom. The average molecular weight is 1030 g/mol. The summed E-state index contributed by atoms with van der Waals surface area (Å²) in [5.41, 5.74) is 2.98. The Bertz CT molecular complexity index is 2900. The first-order valence-corrected chi connectivity index (χ1v) is 24.8. The summed E-state index contributed by atoms with van der Waals surface area (Å²) in [5.74, 6) is -3.38. The minimum Gasteiger partial charge on any atom is -0.459 e. The van der Waals surface area contributed by atoms with Gasteiger partial charge in [-0.25, -0.2) is 19.2 Å². The summed E-state index contributed by atoms with van der Waals surface area (Å²) in [6.45, 7) is -0.608. The van der Waals surface area contributed by atoms with E-state index in [0.717, 1.165) is 16.7 Å². The maximum absolute atomic E-state index is 14.5. The first-order chi connectivity index (χ1) is 37.3. The molecular weight excluding hydrogens is 973 g/mol. The Morgan fingerprint density at radius 3 is 1.20 bits per heavy atom. The highest BCUT2D eigenvalue weighted by atomic mass is 16.8. The van der Waals surface area contributed by atoms with Gasteiger partial charge in [0.2, 0.25) is 0 Å². The van der Waals surface area contributed by atoms with Crippen molar-refractivity contribution in [3.05, 3.63) is 251 Å². The summed E-state index contributed by atoms with van der Waals surface area (Å²) < 4.78 is 64.8. The van der Waals surface area contributed by atoms with Crippen LogP contribution in [0.15, 0.2) is 212 Å². The molecule has 7 aromatic carbocycles. The van der Waals surface area contributed by atoms with Crippen molar-refractivity contribution >= 4 is 23.9 Å². The molecule has 7 aromatic rings. The lowest BCUT2D eigenvalue weighted by Gasteiger charge is -2.49. The van der Waals surface area contributed by atoms with E-state index in [0.29, 0.717) is 0 Å². The van der Waals surface area contributed by atoms with Gasteiger partial charge >= 0.3 is 23.9 Å². The maximum atomic E-state index is 14.5. The smallest absolute Gasteiger partial charge is 0.338 e. The standard InChI is InChI=1S/C61H56O15/c62-56(44-28-14-4-15-29-44)70-40-49-51(73-57(63)45-30-16-5-17-31-45)53(74-58(64)46-32-18-6-19-33-46)55(75-59(65)47-34-20-7-21-35-47)61(72-49)76-50-48(39-67-36-41-22-8-1-9-23-41)71-60(66)54(69-38-43-26-12-3-13-27-43)52(50)68-37-42-24-10-2-11-25-42/h1-35,48-55,60-61,66H,36-40H2/t48?,49?,50-,51+,52-,53-,54?,55?,60-,61-/m0/s1. The molecule has 15 heteroatoms. The average Bonchev–Trinajstić information content (AvgIpc) is 3.50. The number of esters is 4. The van der Waals surface area contributed by atoms with Crippen LogP contribution in [0.25, 0.3) is 0 Å². The first kappa shape index (κ1) is 53.0. The number of carbonyl (C=O) groups excluding carboxylic acids is 4. The molecule has 9 rings (SSSR count). The van der Waals surface area contributed by atoms with Gasteiger partial charge in [-0.15, -0.1) is 0 Å². The molecule has 390 valence electrons. The monoisotopic (exact) mass is 1030 g/mol. The predicted molar refractivity (Wildman–Crippen MR) is 274 cm³/mol. The van der Waals surface area contributed by atoms with Gasteiger partial charge in [-0.1, -0.05) is 164 Å². The van der Waals surface area contributed by atoms with Crippen molar-refractivity contribution < 1.29 is 71.7 Å². The number of aliphatic hydroxyl groups is 1. The van der Waals surface area contributed by atoms with Crippen LogP contribution in [0.5, 0.6) is 0 Å². The molecule has 2 heterocycles. The SMILES string of the molecule is O=C(OCC1O[C@@H](O[C@H]2C(COCc3ccccc3)O[C@H](O)C(OCc3ccccc3)[C@H]2OCc2ccccc2)C(OC(=O)c2ccccc2)[C@@H](OC(=O)c2ccccc2)[C@@H]1OC(=O)c1ccccc1)c1ccccc1. The summed E-state index contributed by atoms with van der Waals surface area (Å²) in [5, 5.41) is 11.9. The number of carbonyl (C=O) groups is 4. The number of hydrogen-bond donors (Lipinski definition) is 1. The van der Waals surface area contributed by atoms with Crippen molar-refractivity contribution in [1.82, 2.24) is 0 Å². The minimum atomic E-state index is -1.77. The van der Waals surface area contributed by atoms with Gasteiger partial charge in [-0.05, 0) is 65.2 Å². The number of aliphatic hydroxyl groups excluding tert-OH is 1. The molecule has 2 aliphatic rings. The molecule has 0 spiro atoms. The zero-order valence-corrected chi connectivity index (χ0v) is 41.2. The van der Waals surface area contributed by atoms with E-state index >= 15 is 0 Å². The molecule has 0 saturated carbocycles. The van der Waals surface area contributed by atoms with Crippen molar-refractivity contribution in [3.63, 3.8) is 0 Å². The van der Waals surface area contributed by atoms with Crippen molar-refractivity contribution in [2.24, 2.45) is 0 Å². The third-order valence-electron chi connectivity index (χ3n) is 12.6. The maximum Gasteiger partial charge on any atom is 0.338 e. The molecular formula is C61H56O15. The predicted octanol–water partition coefficient (Wildman–Crippen LogP) is 8.74. The third-order valence-corrected chi connectivity index (χ3v) is 12.6. The summed E-state index contributed by atoms with van der Waals surface area (Å²) in [7, 11) is 0. The zero-order valence-electron chi connectivity index (χ0n) is 41.2. The number of ether oxygens (including phenoxy) is 10. The molecule has 10 atom stereocenters. The molecule has 1 N–H and O–H groups in total. The Labute approximate surface area is 439 Å². The lowest BCUT2D eigenvalue weighted by Crippen LogP contribution is -2.67. The summed E-state index contributed by atoms with van der Waals surface area (Å²) >= 11 is 0. The van der Waals surface area contributed by atoms with Crippen LogP contribution >= 0.6 is 0 Å². The van der Waals surface area contributed by atoms with Crippen LogP contribution < -0.4 is 0 Å². The summed E-state index contributed by atoms with van der Waals surface area (Å²) in [6.07, 6.45) is -14.9. The summed E-state index contributed by atoms with van der Waals surface area (Å²) in [6, 6.07) is 60.5. The van der Waals surface area contributed by atoms with Crippen LogP contribution in [0.2, 0.25) is 0 Å². The van der Waals surface area contributed by atoms with Gasteiger partial charge in [0.1, 0.15) is 37.1 Å². The van der Waals surface area contributed by atoms with Crippen LogP contribution in [0.3, 0.4) is 0 Å². The number of benzene rings is 7. The highest BCUT2D eigenvalue weighted by molar-refractivity contribution is 5.91. The van der Waals surface area contributed by atoms with Gasteiger partial charge in [0, 0.05) is 0 Å². The molecule has 0 aromatic heterocycles.